The van der Waals surface area contributed by atoms with Crippen LogP contribution in [0.2, 0.25) is 5.02 Å². The maximum absolute atomic E-state index is 14.3. The van der Waals surface area contributed by atoms with Gasteiger partial charge in [-0.15, -0.1) is 0 Å². The van der Waals surface area contributed by atoms with Crippen molar-refractivity contribution in [1.82, 2.24) is 34.9 Å². The fraction of sp³-hybridized carbons (Fsp3) is 0.200. The van der Waals surface area contributed by atoms with E-state index in [1.165, 1.54) is 35.0 Å². The molecule has 3 N–H and O–H groups in total. The van der Waals surface area contributed by atoms with E-state index < -0.39 is 58.7 Å². The van der Waals surface area contributed by atoms with Crippen molar-refractivity contribution in [3.8, 4) is 0 Å². The number of halogens is 6. The van der Waals surface area contributed by atoms with E-state index in [9.17, 15) is 36.3 Å². The SMILES string of the molecule is CNC(=O)c1nc(NC(=O)c2cc(F)cc(C(F)(F)F)c2)c2n1[C@@H](Cn1cncn1)C(=O)N[C@H]2c1cc(F)ccc1Cl. The van der Waals surface area contributed by atoms with Crippen LogP contribution >= 0.6 is 11.6 Å². The lowest BCUT2D eigenvalue weighted by Crippen LogP contribution is -2.46. The van der Waals surface area contributed by atoms with Crippen LogP contribution in [0.3, 0.4) is 0 Å². The van der Waals surface area contributed by atoms with E-state index in [1.807, 2.05) is 0 Å². The summed E-state index contributed by atoms with van der Waals surface area (Å²) in [6, 6.07) is 2.06. The third kappa shape index (κ3) is 5.39. The second kappa shape index (κ2) is 10.8. The molecule has 2 aromatic carbocycles. The van der Waals surface area contributed by atoms with E-state index in [4.69, 9.17) is 11.6 Å². The second-order valence-electron chi connectivity index (χ2n) is 9.04. The first-order valence-corrected chi connectivity index (χ1v) is 12.4. The minimum Gasteiger partial charge on any atom is -0.352 e. The number of hydrogen-bond donors (Lipinski definition) is 3. The topological polar surface area (TPSA) is 136 Å². The molecule has 0 spiro atoms. The third-order valence-corrected chi connectivity index (χ3v) is 6.71. The summed E-state index contributed by atoms with van der Waals surface area (Å²) in [7, 11) is 1.28. The Morgan fingerprint density at radius 1 is 1.10 bits per heavy atom. The summed E-state index contributed by atoms with van der Waals surface area (Å²) >= 11 is 6.34. The van der Waals surface area contributed by atoms with Gasteiger partial charge in [-0.2, -0.15) is 18.3 Å². The molecule has 2 atom stereocenters. The zero-order valence-corrected chi connectivity index (χ0v) is 22.0. The molecule has 0 fully saturated rings. The van der Waals surface area contributed by atoms with Crippen LogP contribution < -0.4 is 16.0 Å². The van der Waals surface area contributed by atoms with Crippen LogP contribution in [-0.4, -0.2) is 49.1 Å². The number of carbonyl (C=O) groups excluding carboxylic acids is 3. The largest absolute Gasteiger partial charge is 0.416 e. The van der Waals surface area contributed by atoms with E-state index in [0.29, 0.717) is 12.1 Å². The van der Waals surface area contributed by atoms with Crippen molar-refractivity contribution in [2.24, 2.45) is 0 Å². The van der Waals surface area contributed by atoms with Gasteiger partial charge in [0.1, 0.15) is 30.3 Å². The fourth-order valence-corrected chi connectivity index (χ4v) is 4.74. The van der Waals surface area contributed by atoms with Gasteiger partial charge in [0.2, 0.25) is 11.7 Å². The number of carbonyl (C=O) groups is 3. The standard InChI is InChI=1S/C25H18ClF5N8O3/c1-32-24(42)21-36-20(37-22(40)11-4-12(25(29,30)31)6-14(28)5-11)19-18(15-7-13(27)2-3-16(15)26)35-23(41)17(39(19)21)8-38-10-33-9-34-38/h2-7,9-10,17-18H,8H2,1H3,(H,32,42)(H,35,41)(H,37,40)/t17-,18-/m0/s1. The van der Waals surface area contributed by atoms with Gasteiger partial charge in [-0.1, -0.05) is 11.6 Å². The molecule has 0 saturated heterocycles. The smallest absolute Gasteiger partial charge is 0.352 e. The molecule has 1 aliphatic rings. The van der Waals surface area contributed by atoms with E-state index >= 15 is 0 Å². The molecule has 0 aliphatic carbocycles. The van der Waals surface area contributed by atoms with Gasteiger partial charge in [-0.05, 0) is 36.4 Å². The van der Waals surface area contributed by atoms with Gasteiger partial charge in [0.25, 0.3) is 11.8 Å². The average Bonchev–Trinajstić information content (AvgIpc) is 3.58. The molecule has 0 radical (unpaired) electrons. The lowest BCUT2D eigenvalue weighted by atomic mass is 9.98. The van der Waals surface area contributed by atoms with Crippen molar-refractivity contribution in [2.75, 3.05) is 12.4 Å². The summed E-state index contributed by atoms with van der Waals surface area (Å²) in [5, 5.41) is 11.3. The van der Waals surface area contributed by atoms with Crippen LogP contribution in [0.25, 0.3) is 0 Å². The number of hydrogen-bond acceptors (Lipinski definition) is 6. The summed E-state index contributed by atoms with van der Waals surface area (Å²) in [5.74, 6) is -5.49. The Morgan fingerprint density at radius 2 is 1.86 bits per heavy atom. The maximum atomic E-state index is 14.3. The highest BCUT2D eigenvalue weighted by Gasteiger charge is 2.42. The lowest BCUT2D eigenvalue weighted by Gasteiger charge is -2.33. The number of amides is 3. The first-order valence-electron chi connectivity index (χ1n) is 12.0. The van der Waals surface area contributed by atoms with Crippen molar-refractivity contribution < 1.29 is 36.3 Å². The second-order valence-corrected chi connectivity index (χ2v) is 9.45. The predicted molar refractivity (Wildman–Crippen MR) is 135 cm³/mol. The fourth-order valence-electron chi connectivity index (χ4n) is 4.52. The first kappa shape index (κ1) is 28.7. The van der Waals surface area contributed by atoms with Crippen LogP contribution in [-0.2, 0) is 17.5 Å². The van der Waals surface area contributed by atoms with E-state index in [0.717, 1.165) is 12.1 Å². The number of alkyl halides is 3. The summed E-state index contributed by atoms with van der Waals surface area (Å²) in [5.41, 5.74) is -2.15. The molecule has 218 valence electrons. The van der Waals surface area contributed by atoms with Gasteiger partial charge >= 0.3 is 6.18 Å². The molecule has 0 bridgehead atoms. The van der Waals surface area contributed by atoms with Gasteiger partial charge in [0, 0.05) is 23.2 Å². The maximum Gasteiger partial charge on any atom is 0.416 e. The lowest BCUT2D eigenvalue weighted by molar-refractivity contribution is -0.137. The Labute approximate surface area is 237 Å². The zero-order chi connectivity index (χ0) is 30.3. The number of imidazole rings is 1. The average molecular weight is 609 g/mol. The van der Waals surface area contributed by atoms with E-state index in [-0.39, 0.29) is 40.5 Å². The Balaban J connectivity index is 1.69. The number of aromatic nitrogens is 5. The molecule has 0 unspecified atom stereocenters. The summed E-state index contributed by atoms with van der Waals surface area (Å²) in [6.07, 6.45) is -2.43. The highest BCUT2D eigenvalue weighted by molar-refractivity contribution is 6.31. The molecule has 3 amide bonds. The minimum absolute atomic E-state index is 0.00268. The minimum atomic E-state index is -4.95. The van der Waals surface area contributed by atoms with Crippen LogP contribution in [0.5, 0.6) is 0 Å². The van der Waals surface area contributed by atoms with Gasteiger partial charge in [0.05, 0.1) is 23.8 Å². The predicted octanol–water partition coefficient (Wildman–Crippen LogP) is 3.50. The molecular formula is C25H18ClF5N8O3. The Hall–Kier alpha value is -4.86. The van der Waals surface area contributed by atoms with Gasteiger partial charge in [-0.3, -0.25) is 19.1 Å². The molecule has 3 heterocycles. The molecule has 1 aliphatic heterocycles. The normalized spacial score (nSPS) is 16.5. The number of rotatable bonds is 6. The van der Waals surface area contributed by atoms with Crippen molar-refractivity contribution in [3.05, 3.63) is 93.9 Å². The van der Waals surface area contributed by atoms with Crippen molar-refractivity contribution in [2.45, 2.75) is 24.8 Å². The summed E-state index contributed by atoms with van der Waals surface area (Å²) in [4.78, 5) is 47.5. The highest BCUT2D eigenvalue weighted by atomic mass is 35.5. The van der Waals surface area contributed by atoms with Crippen LogP contribution in [0.4, 0.5) is 27.8 Å². The summed E-state index contributed by atoms with van der Waals surface area (Å²) < 4.78 is 70.7. The first-order chi connectivity index (χ1) is 19.9. The number of nitrogens with zero attached hydrogens (tertiary/aromatic N) is 5. The molecule has 5 rings (SSSR count). The molecular weight excluding hydrogens is 591 g/mol. The molecule has 0 saturated carbocycles. The Morgan fingerprint density at radius 3 is 2.52 bits per heavy atom. The Kier molecular flexibility index (Phi) is 7.40. The number of fused-ring (bicyclic) bond motifs is 1. The van der Waals surface area contributed by atoms with E-state index in [1.54, 1.807) is 0 Å². The number of benzene rings is 2. The summed E-state index contributed by atoms with van der Waals surface area (Å²) in [6.45, 7) is -0.172. The van der Waals surface area contributed by atoms with Crippen molar-refractivity contribution >= 4 is 35.1 Å². The van der Waals surface area contributed by atoms with Gasteiger partial charge in [-0.25, -0.2) is 18.7 Å². The Bertz CT molecular complexity index is 1710. The quantitative estimate of drug-likeness (QED) is 0.287. The highest BCUT2D eigenvalue weighted by Crippen LogP contribution is 2.39. The van der Waals surface area contributed by atoms with Gasteiger partial charge < -0.3 is 20.5 Å². The zero-order valence-electron chi connectivity index (χ0n) is 21.2. The van der Waals surface area contributed by atoms with Crippen LogP contribution in [0.1, 0.15) is 49.9 Å². The number of nitrogens with one attached hydrogen (secondary N) is 3. The molecule has 2 aromatic heterocycles. The third-order valence-electron chi connectivity index (χ3n) is 6.37. The van der Waals surface area contributed by atoms with Crippen LogP contribution in [0, 0.1) is 11.6 Å². The van der Waals surface area contributed by atoms with Crippen molar-refractivity contribution in [1.29, 1.82) is 0 Å². The van der Waals surface area contributed by atoms with Crippen LogP contribution in [0.15, 0.2) is 49.1 Å². The molecule has 42 heavy (non-hydrogen) atoms. The van der Waals surface area contributed by atoms with E-state index in [2.05, 4.69) is 31.0 Å². The van der Waals surface area contributed by atoms with Crippen molar-refractivity contribution in [3.63, 3.8) is 0 Å². The van der Waals surface area contributed by atoms with Gasteiger partial charge in [0.15, 0.2) is 5.82 Å². The molecule has 11 nitrogen and oxygen atoms in total. The molecule has 4 aromatic rings. The molecule has 17 heteroatoms. The monoisotopic (exact) mass is 608 g/mol. The number of anilines is 1.